The number of nitrogens with zero attached hydrogens (tertiary/aromatic N) is 4. The Bertz CT molecular complexity index is 6430. The van der Waals surface area contributed by atoms with Crippen LogP contribution < -0.4 is 123 Å². The average molecular weight is 2880 g/mol. The number of carbonyl (C=O) groups is 1. The van der Waals surface area contributed by atoms with Gasteiger partial charge in [0.2, 0.25) is 0 Å². The number of aryl methyl sites for hydroxylation is 1. The van der Waals surface area contributed by atoms with Gasteiger partial charge in [-0.2, -0.15) is 5.26 Å². The summed E-state index contributed by atoms with van der Waals surface area (Å²) in [5.41, 5.74) is 19.9. The summed E-state index contributed by atoms with van der Waals surface area (Å²) in [4.78, 5) is 21.2. The third-order valence-corrected chi connectivity index (χ3v) is 27.5. The number of thiophene rings is 2. The molecule has 2 aromatic heterocycles. The molecule has 0 bridgehead atoms. The zero-order chi connectivity index (χ0) is 108. The smallest absolute Gasteiger partial charge is 0.662 e. The Morgan fingerprint density at radius 2 is 0.611 bits per heavy atom. The number of carbonyl (C=O) groups excluding carboxylic acids is 1. The van der Waals surface area contributed by atoms with Crippen LogP contribution in [-0.4, -0.2) is 88.7 Å². The molecule has 769 valence electrons. The molecule has 15 aromatic carbocycles. The number of hydrogen-bond acceptors (Lipinski definition) is 20. The van der Waals surface area contributed by atoms with Gasteiger partial charge in [-0.3, -0.25) is 4.79 Å². The quantitative estimate of drug-likeness (QED) is 0.00998. The first-order valence-corrected chi connectivity index (χ1v) is 56.1. The number of ether oxygens (including phenoxy) is 5. The number of nitrogen functional groups attached to an aromatic ring is 1. The zero-order valence-electron chi connectivity index (χ0n) is 80.5. The summed E-state index contributed by atoms with van der Waals surface area (Å²) < 4.78 is 34.3. The molecule has 0 saturated carbocycles. The van der Waals surface area contributed by atoms with Crippen molar-refractivity contribution in [2.45, 2.75) is 13.8 Å². The molecule has 0 amide bonds. The normalized spacial score (nSPS) is 9.66. The van der Waals surface area contributed by atoms with E-state index in [1.807, 2.05) is 286 Å². The molecule has 0 saturated heterocycles. The first-order chi connectivity index (χ1) is 71.3. The summed E-state index contributed by atoms with van der Waals surface area (Å²) in [6.07, 6.45) is 0. The molecule has 0 unspecified atom stereocenters. The van der Waals surface area contributed by atoms with Crippen molar-refractivity contribution in [2.24, 2.45) is 0 Å². The van der Waals surface area contributed by atoms with E-state index < -0.39 is 0 Å². The molecule has 2 heterocycles. The van der Waals surface area contributed by atoms with Crippen LogP contribution in [0.3, 0.4) is 0 Å². The number of nitriles is 1. The van der Waals surface area contributed by atoms with Crippen molar-refractivity contribution in [3.63, 3.8) is 0 Å². The van der Waals surface area contributed by atoms with Gasteiger partial charge in [0.15, 0.2) is 0 Å². The maximum absolute atomic E-state index is 9.50. The van der Waals surface area contributed by atoms with E-state index in [0.29, 0.717) is 50.2 Å². The molecule has 17 rings (SSSR count). The number of phenolic OH excluding ortho intramolecular Hbond substituents is 3. The van der Waals surface area contributed by atoms with Crippen LogP contribution in [0.4, 0.5) is 56.9 Å². The molecule has 0 aliphatic carbocycles. The molecule has 17 aromatic rings. The molecular weight excluding hydrogens is 2790 g/mol. The van der Waals surface area contributed by atoms with Gasteiger partial charge < -0.3 is 79.3 Å². The molecule has 1 radical (unpaired) electrons. The monoisotopic (exact) mass is 2870 g/mol. The van der Waals surface area contributed by atoms with Crippen molar-refractivity contribution in [1.82, 2.24) is 0 Å². The molecule has 0 aliphatic rings. The molecule has 149 heavy (non-hydrogen) atoms. The minimum absolute atomic E-state index is 0. The molecule has 18 nitrogen and oxygen atoms in total. The summed E-state index contributed by atoms with van der Waals surface area (Å²) >= 11 is 74.8. The fourth-order valence-corrected chi connectivity index (χ4v) is 17.8. The molecule has 6 N–H and O–H groups in total. The Morgan fingerprint density at radius 3 is 0.866 bits per heavy atom. The van der Waals surface area contributed by atoms with Crippen LogP contribution in [-0.2, 0) is 9.68 Å². The van der Waals surface area contributed by atoms with Gasteiger partial charge in [0, 0.05) is 139 Å². The standard InChI is InChI=1S/C20H16BrCl2NO.C19H15Cl2NO.C18H13Cl2NO.C17H13BrO2S.C11H8Br2OS.C7H7Cl.C7H9NO.C6H6BO3.C2H4Br2.C2H3N.CH2O3.BBr3.Cs/c21-13-14-25-20-11-9-19(10-12-20)24(17-5-1-15(22)2-6-17)18-7-3-16(23)4-8-18;1-23-19-12-10-18(11-13-19)22(16-6-2-14(20)3-7-16)17-8-4-15(21)5-9-17;19-13-1-5-15(6-2-13)21(16-7-3-14(20)4-8-16)17-9-11-18(22)12-10-17;1-20-14-8-4-12(5-9-14)17-15(18)10-16(21-17)11-2-6-13(19)7-3-11;1-14-8-4-2-7(3-5-8)11-9(12)6-10(13)15-11;1-6-2-4-7(8)5-3-6;1-9-7-4-2-6(8)3-5-7;8-5-1-3-6(4-2-5)10-7-9;3-1-2-4;1-2-3;2-1-4-3;2-1(3)4;/h1-12H,13-14H2;2-13H,1H3;1-12,22H;2-10,19H,1H3;2-6H,1H3;2-5H,1H3;2-5H,8H2,1H3;1-4,8-9H;1-2H2;1H3;1,3H;;/q;;;;;;;;;;;;+1/p-1. The third-order valence-electron chi connectivity index (χ3n) is 18.9. The fraction of sp³-hybridized carbons (Fsp3) is 0.0909. The largest absolute Gasteiger partial charge is 1.00 e. The number of alkyl halides is 3. The molecule has 0 aliphatic heterocycles. The van der Waals surface area contributed by atoms with E-state index in [1.165, 1.54) is 39.9 Å². The first-order valence-electron chi connectivity index (χ1n) is 43.4. The fourth-order valence-electron chi connectivity index (χ4n) is 12.1. The van der Waals surface area contributed by atoms with Crippen LogP contribution in [0.25, 0.3) is 31.3 Å². The number of halogens is 16. The van der Waals surface area contributed by atoms with Gasteiger partial charge in [0.25, 0.3) is 6.47 Å². The summed E-state index contributed by atoms with van der Waals surface area (Å²) in [7, 11) is 7.22. The average Bonchev–Trinajstić information content (AvgIpc) is 1.76. The number of benzene rings is 15. The Morgan fingerprint density at radius 1 is 0.383 bits per heavy atom. The van der Waals surface area contributed by atoms with Crippen LogP contribution in [0.5, 0.6) is 51.7 Å². The minimum Gasteiger partial charge on any atom is -0.662 e. The van der Waals surface area contributed by atoms with Gasteiger partial charge >= 0.3 is 79.8 Å². The number of rotatable bonds is 23. The van der Waals surface area contributed by atoms with E-state index in [0.717, 1.165) is 135 Å². The van der Waals surface area contributed by atoms with E-state index in [-0.39, 0.29) is 95.8 Å². The van der Waals surface area contributed by atoms with Crippen molar-refractivity contribution < 1.29 is 133 Å². The van der Waals surface area contributed by atoms with Gasteiger partial charge in [-0.15, -0.1) is 69.9 Å². The molecular formula is C110H95B2Br9Cl7CsN5O13S2. The van der Waals surface area contributed by atoms with E-state index in [2.05, 4.69) is 203 Å². The number of hydrogen-bond donors (Lipinski definition) is 5. The topological polar surface area (TPSA) is 245 Å². The Labute approximate surface area is 1050 Å². The Hall–Kier alpha value is -7.49. The van der Waals surface area contributed by atoms with Crippen LogP contribution in [0, 0.1) is 18.3 Å². The van der Waals surface area contributed by atoms with Crippen LogP contribution in [0.15, 0.2) is 389 Å². The predicted octanol–water partition coefficient (Wildman–Crippen LogP) is 34.5. The molecule has 39 heteroatoms. The number of anilines is 10. The van der Waals surface area contributed by atoms with E-state index >= 15 is 0 Å². The van der Waals surface area contributed by atoms with Crippen molar-refractivity contribution in [2.75, 3.05) is 71.5 Å². The summed E-state index contributed by atoms with van der Waals surface area (Å²) in [6, 6.07) is 119. The number of phenols is 3. The minimum atomic E-state index is -0.181. The van der Waals surface area contributed by atoms with Crippen molar-refractivity contribution in [1.29, 1.82) is 5.26 Å². The maximum atomic E-state index is 9.50. The summed E-state index contributed by atoms with van der Waals surface area (Å²) in [5, 5.41) is 59.5. The number of nitrogens with two attached hydrogens (primary N) is 1. The SMILES string of the molecule is BrB(Br)Br.BrCCBr.CC#N.COc1ccc(-c2sc(-c3ccc(O)cc3)cc2Br)cc1.COc1ccc(-c2sc(Br)cc2Br)cc1.COc1ccc(N(c2ccc(Cl)cc2)c2ccc(Cl)cc2)cc1.COc1ccc(N)cc1.Cc1ccc(Cl)cc1.Clc1ccc(N(c2ccc(Cl)cc2)c2ccc(OCCBr)cc2)cc1.O=CO[O-].O[B]Oc1ccc(O)cc1.Oc1ccc(N(c2ccc(Cl)cc2)c2ccc(Cl)cc2)cc1.[Cs+]. The second kappa shape index (κ2) is 75.4. The van der Waals surface area contributed by atoms with Crippen molar-refractivity contribution >= 4 is 321 Å². The van der Waals surface area contributed by atoms with Crippen molar-refractivity contribution in [3.8, 4) is 89.1 Å². The van der Waals surface area contributed by atoms with Crippen LogP contribution in [0.2, 0.25) is 35.2 Å². The summed E-state index contributed by atoms with van der Waals surface area (Å²) in [6.45, 7) is 3.92. The number of aromatic hydroxyl groups is 3. The van der Waals surface area contributed by atoms with Crippen LogP contribution in [0.1, 0.15) is 12.5 Å². The molecule has 0 spiro atoms. The van der Waals surface area contributed by atoms with Gasteiger partial charge in [-0.1, -0.05) is 147 Å². The van der Waals surface area contributed by atoms with Crippen LogP contribution >= 0.6 is 247 Å². The van der Waals surface area contributed by atoms with Gasteiger partial charge in [-0.05, 0) is 435 Å². The van der Waals surface area contributed by atoms with Crippen molar-refractivity contribution in [3.05, 3.63) is 430 Å². The van der Waals surface area contributed by atoms with Gasteiger partial charge in [0.05, 0.1) is 44.9 Å². The van der Waals surface area contributed by atoms with Gasteiger partial charge in [0.1, 0.15) is 51.7 Å². The molecule has 0 fully saturated rings. The second-order valence-electron chi connectivity index (χ2n) is 29.0. The second-order valence-corrected chi connectivity index (χ2v) is 46.0. The Kier molecular flexibility index (Phi) is 66.7. The van der Waals surface area contributed by atoms with Gasteiger partial charge in [-0.25, -0.2) is 0 Å². The predicted molar refractivity (Wildman–Crippen MR) is 653 cm³/mol. The van der Waals surface area contributed by atoms with E-state index in [4.69, 9.17) is 136 Å². The number of methoxy groups -OCH3 is 4. The first kappa shape index (κ1) is 132. The Balaban J connectivity index is 0.000000299. The van der Waals surface area contributed by atoms with E-state index in [1.54, 1.807) is 106 Å². The third kappa shape index (κ3) is 50.3. The maximum Gasteiger partial charge on any atom is 1.00 e. The van der Waals surface area contributed by atoms with E-state index in [9.17, 15) is 10.2 Å². The summed E-state index contributed by atoms with van der Waals surface area (Å²) in [5.74, 6) is 5.41. The molecule has 0 atom stereocenters. The zero-order valence-corrected chi connectivity index (χ0v) is 108.